The third-order valence-corrected chi connectivity index (χ3v) is 6.45. The number of nitriles is 1. The quantitative estimate of drug-likeness (QED) is 0.737. The molecule has 0 radical (unpaired) electrons. The third kappa shape index (κ3) is 3.71. The average Bonchev–Trinajstić information content (AvgIpc) is 3.53. The van der Waals surface area contributed by atoms with Crippen LogP contribution >= 0.6 is 0 Å². The van der Waals surface area contributed by atoms with Crippen molar-refractivity contribution in [2.45, 2.75) is 12.8 Å². The molecule has 1 aliphatic carbocycles. The van der Waals surface area contributed by atoms with Gasteiger partial charge in [-0.3, -0.25) is 4.98 Å². The zero-order valence-electron chi connectivity index (χ0n) is 17.3. The van der Waals surface area contributed by atoms with Crippen LogP contribution in [-0.4, -0.2) is 54.6 Å². The van der Waals surface area contributed by atoms with Gasteiger partial charge in [-0.05, 0) is 66.9 Å². The highest BCUT2D eigenvalue weighted by Crippen LogP contribution is 2.45. The van der Waals surface area contributed by atoms with Crippen molar-refractivity contribution in [3.05, 3.63) is 65.6 Å². The number of aromatic nitrogens is 1. The van der Waals surface area contributed by atoms with Gasteiger partial charge in [0.2, 0.25) is 0 Å². The second-order valence-corrected chi connectivity index (χ2v) is 8.28. The minimum atomic E-state index is 0.254. The van der Waals surface area contributed by atoms with E-state index in [0.29, 0.717) is 0 Å². The Kier molecular flexibility index (Phi) is 5.02. The molecule has 1 aromatic heterocycles. The predicted molar refractivity (Wildman–Crippen MR) is 118 cm³/mol. The number of benzene rings is 1. The lowest BCUT2D eigenvalue weighted by molar-refractivity contribution is 0.189. The minimum Gasteiger partial charge on any atom is -0.497 e. The predicted octanol–water partition coefficient (Wildman–Crippen LogP) is 3.96. The number of piperidine rings is 1. The van der Waals surface area contributed by atoms with Crippen LogP contribution in [0.2, 0.25) is 0 Å². The minimum absolute atomic E-state index is 0.254. The lowest BCUT2D eigenvalue weighted by Crippen LogP contribution is -2.38. The fraction of sp³-hybridized carbons (Fsp3) is 0.360. The van der Waals surface area contributed by atoms with Crippen LogP contribution in [0.4, 0.5) is 0 Å². The maximum Gasteiger partial charge on any atom is 0.118 e. The van der Waals surface area contributed by atoms with Crippen LogP contribution in [-0.2, 0) is 0 Å². The Morgan fingerprint density at radius 2 is 1.83 bits per heavy atom. The Morgan fingerprint density at radius 3 is 2.57 bits per heavy atom. The van der Waals surface area contributed by atoms with E-state index in [1.54, 1.807) is 7.11 Å². The standard InChI is InChI=1S/C25H26N4O/c1-30-22-4-2-19(3-5-22)20-12-21(16-27-15-20)24-17-29(25-13-23(24)25)11-10-28-8-6-18(14-26)7-9-28/h2-5,12-13,15-16,18H,6-11,17H2,1H3. The molecule has 5 heteroatoms. The maximum atomic E-state index is 9.07. The molecule has 1 saturated heterocycles. The first-order valence-electron chi connectivity index (χ1n) is 10.7. The van der Waals surface area contributed by atoms with E-state index in [2.05, 4.69) is 45.1 Å². The van der Waals surface area contributed by atoms with Crippen LogP contribution < -0.4 is 4.74 Å². The summed E-state index contributed by atoms with van der Waals surface area (Å²) in [7, 11) is 1.69. The number of pyridine rings is 1. The topological polar surface area (TPSA) is 52.4 Å². The first-order chi connectivity index (χ1) is 14.7. The molecule has 0 spiro atoms. The van der Waals surface area contributed by atoms with Gasteiger partial charge in [-0.1, -0.05) is 12.1 Å². The molecule has 30 heavy (non-hydrogen) atoms. The van der Waals surface area contributed by atoms with Crippen LogP contribution in [0.1, 0.15) is 18.4 Å². The van der Waals surface area contributed by atoms with Crippen LogP contribution in [0, 0.1) is 17.2 Å². The molecule has 1 fully saturated rings. The third-order valence-electron chi connectivity index (χ3n) is 6.45. The van der Waals surface area contributed by atoms with Gasteiger partial charge < -0.3 is 14.5 Å². The van der Waals surface area contributed by atoms with Crippen LogP contribution in [0.5, 0.6) is 5.75 Å². The first-order valence-corrected chi connectivity index (χ1v) is 10.7. The van der Waals surface area contributed by atoms with E-state index in [1.807, 2.05) is 24.5 Å². The van der Waals surface area contributed by atoms with Gasteiger partial charge in [0.15, 0.2) is 0 Å². The number of fused-ring (bicyclic) bond motifs is 1. The number of nitrogens with zero attached hydrogens (tertiary/aromatic N) is 4. The molecular weight excluding hydrogens is 372 g/mol. The van der Waals surface area contributed by atoms with E-state index >= 15 is 0 Å². The second-order valence-electron chi connectivity index (χ2n) is 8.28. The average molecular weight is 399 g/mol. The van der Waals surface area contributed by atoms with Gasteiger partial charge in [-0.2, -0.15) is 5.26 Å². The summed E-state index contributed by atoms with van der Waals surface area (Å²) in [6.45, 7) is 5.17. The van der Waals surface area contributed by atoms with Crippen molar-refractivity contribution in [3.63, 3.8) is 0 Å². The molecule has 0 bridgehead atoms. The summed E-state index contributed by atoms with van der Waals surface area (Å²) in [4.78, 5) is 9.51. The first kappa shape index (κ1) is 18.9. The molecule has 0 N–H and O–H groups in total. The lowest BCUT2D eigenvalue weighted by Gasteiger charge is -2.31. The van der Waals surface area contributed by atoms with Gasteiger partial charge >= 0.3 is 0 Å². The van der Waals surface area contributed by atoms with Crippen molar-refractivity contribution < 1.29 is 4.74 Å². The zero-order valence-corrected chi connectivity index (χ0v) is 17.3. The number of hydrogen-bond acceptors (Lipinski definition) is 5. The van der Waals surface area contributed by atoms with Crippen molar-refractivity contribution in [2.75, 3.05) is 39.8 Å². The van der Waals surface area contributed by atoms with E-state index in [-0.39, 0.29) is 5.92 Å². The second kappa shape index (κ2) is 7.97. The van der Waals surface area contributed by atoms with E-state index < -0.39 is 0 Å². The van der Waals surface area contributed by atoms with Crippen LogP contribution in [0.15, 0.2) is 60.1 Å². The molecule has 0 atom stereocenters. The highest BCUT2D eigenvalue weighted by molar-refractivity contribution is 5.87. The Bertz CT molecular complexity index is 1040. The molecule has 0 saturated carbocycles. The number of ether oxygens (including phenoxy) is 1. The van der Waals surface area contributed by atoms with E-state index in [0.717, 1.165) is 62.4 Å². The van der Waals surface area contributed by atoms with Gasteiger partial charge in [0.25, 0.3) is 0 Å². The molecule has 0 amide bonds. The molecule has 3 aliphatic rings. The van der Waals surface area contributed by atoms with Crippen molar-refractivity contribution in [1.29, 1.82) is 5.26 Å². The summed E-state index contributed by atoms with van der Waals surface area (Å²) in [6.07, 6.45) is 8.22. The van der Waals surface area contributed by atoms with Gasteiger partial charge in [0.1, 0.15) is 5.75 Å². The molecular formula is C25H26N4O. The maximum absolute atomic E-state index is 9.07. The summed E-state index contributed by atoms with van der Waals surface area (Å²) in [5, 5.41) is 9.07. The van der Waals surface area contributed by atoms with Crippen molar-refractivity contribution >= 4 is 5.57 Å². The Labute approximate surface area is 177 Å². The van der Waals surface area contributed by atoms with Gasteiger partial charge in [-0.15, -0.1) is 0 Å². The number of methoxy groups -OCH3 is 1. The van der Waals surface area contributed by atoms with E-state index in [9.17, 15) is 0 Å². The van der Waals surface area contributed by atoms with Crippen molar-refractivity contribution in [1.82, 2.24) is 14.8 Å². The Hall–Kier alpha value is -3.10. The van der Waals surface area contributed by atoms with Gasteiger partial charge in [0, 0.05) is 54.8 Å². The molecule has 5 nitrogen and oxygen atoms in total. The molecule has 2 aliphatic heterocycles. The van der Waals surface area contributed by atoms with E-state index in [4.69, 9.17) is 10.00 Å². The molecule has 152 valence electrons. The molecule has 2 aromatic rings. The molecule has 5 rings (SSSR count). The lowest BCUT2D eigenvalue weighted by atomic mass is 9.99. The fourth-order valence-electron chi connectivity index (χ4n) is 4.51. The smallest absolute Gasteiger partial charge is 0.118 e. The van der Waals surface area contributed by atoms with Crippen LogP contribution in [0.3, 0.4) is 0 Å². The van der Waals surface area contributed by atoms with Crippen molar-refractivity contribution in [2.24, 2.45) is 5.92 Å². The summed E-state index contributed by atoms with van der Waals surface area (Å²) in [5.41, 5.74) is 7.66. The molecule has 0 unspecified atom stereocenters. The number of allylic oxidation sites excluding steroid dienone is 2. The summed E-state index contributed by atoms with van der Waals surface area (Å²) < 4.78 is 5.27. The van der Waals surface area contributed by atoms with Crippen LogP contribution in [0.25, 0.3) is 16.7 Å². The zero-order chi connectivity index (χ0) is 20.5. The highest BCUT2D eigenvalue weighted by atomic mass is 16.5. The normalized spacial score (nSPS) is 18.8. The summed E-state index contributed by atoms with van der Waals surface area (Å²) in [5.74, 6) is 1.12. The Balaban J connectivity index is 1.23. The molecule has 3 heterocycles. The SMILES string of the molecule is COc1ccc(-c2cncc(C3=C4C=C4N(CCN4CCC(C#N)CC4)C3)c2)cc1. The highest BCUT2D eigenvalue weighted by Gasteiger charge is 2.35. The van der Waals surface area contributed by atoms with Gasteiger partial charge in [0.05, 0.1) is 13.2 Å². The number of hydrogen-bond donors (Lipinski definition) is 0. The van der Waals surface area contributed by atoms with Crippen molar-refractivity contribution in [3.8, 4) is 22.9 Å². The summed E-state index contributed by atoms with van der Waals surface area (Å²) >= 11 is 0. The monoisotopic (exact) mass is 398 g/mol. The van der Waals surface area contributed by atoms with E-state index in [1.165, 1.54) is 22.4 Å². The molecule has 1 aromatic carbocycles. The fourth-order valence-corrected chi connectivity index (χ4v) is 4.51. The number of rotatable bonds is 6. The Morgan fingerprint density at radius 1 is 1.07 bits per heavy atom. The summed E-state index contributed by atoms with van der Waals surface area (Å²) in [6, 6.07) is 12.8. The number of likely N-dealkylation sites (tertiary alicyclic amines) is 1. The largest absolute Gasteiger partial charge is 0.497 e. The van der Waals surface area contributed by atoms with Gasteiger partial charge in [-0.25, -0.2) is 0 Å².